The lowest BCUT2D eigenvalue weighted by Crippen LogP contribution is -2.50. The van der Waals surface area contributed by atoms with Gasteiger partial charge in [-0.3, -0.25) is 9.59 Å². The largest absolute Gasteiger partial charge is 0.444 e. The summed E-state index contributed by atoms with van der Waals surface area (Å²) in [5.74, 6) is -0.688. The molecule has 1 unspecified atom stereocenters. The Hall–Kier alpha value is -2.68. The van der Waals surface area contributed by atoms with E-state index in [0.29, 0.717) is 43.2 Å². The molecule has 1 aromatic carbocycles. The van der Waals surface area contributed by atoms with Crippen LogP contribution in [-0.2, 0) is 24.5 Å². The van der Waals surface area contributed by atoms with Crippen molar-refractivity contribution < 1.29 is 28.2 Å². The molecule has 8 nitrogen and oxygen atoms in total. The molecule has 0 aromatic heterocycles. The number of benzene rings is 1. The fourth-order valence-electron chi connectivity index (χ4n) is 5.49. The van der Waals surface area contributed by atoms with Gasteiger partial charge in [0.05, 0.1) is 11.1 Å². The fraction of sp³-hybridized carbons (Fsp3) is 0.654. The van der Waals surface area contributed by atoms with E-state index in [-0.39, 0.29) is 17.5 Å². The van der Waals surface area contributed by atoms with Gasteiger partial charge >= 0.3 is 6.09 Å². The number of hydrogen-bond donors (Lipinski definition) is 3. The lowest BCUT2D eigenvalue weighted by atomic mass is 9.75. The minimum absolute atomic E-state index is 0.0526. The van der Waals surface area contributed by atoms with Gasteiger partial charge in [-0.25, -0.2) is 9.18 Å². The monoisotopic (exact) mass is 489 g/mol. The van der Waals surface area contributed by atoms with Crippen LogP contribution in [0.25, 0.3) is 0 Å². The molecule has 0 bridgehead atoms. The van der Waals surface area contributed by atoms with Gasteiger partial charge in [0.2, 0.25) is 11.8 Å². The van der Waals surface area contributed by atoms with Gasteiger partial charge in [0.1, 0.15) is 17.5 Å². The molecule has 1 spiro atoms. The Morgan fingerprint density at radius 1 is 1.17 bits per heavy atom. The molecular weight excluding hydrogens is 453 g/mol. The van der Waals surface area contributed by atoms with Crippen LogP contribution in [0.3, 0.4) is 0 Å². The maximum absolute atomic E-state index is 15.3. The van der Waals surface area contributed by atoms with Gasteiger partial charge in [0.25, 0.3) is 0 Å². The van der Waals surface area contributed by atoms with Gasteiger partial charge in [-0.2, -0.15) is 0 Å². The number of carbonyl (C=O) groups is 3. The molecule has 0 radical (unpaired) electrons. The van der Waals surface area contributed by atoms with Crippen molar-refractivity contribution in [3.8, 4) is 0 Å². The number of nitrogens with one attached hydrogen (secondary N) is 3. The zero-order chi connectivity index (χ0) is 25.4. The molecule has 1 aromatic rings. The molecule has 3 amide bonds. The van der Waals surface area contributed by atoms with Crippen LogP contribution >= 0.6 is 0 Å². The summed E-state index contributed by atoms with van der Waals surface area (Å²) >= 11 is 0. The number of halogens is 1. The summed E-state index contributed by atoms with van der Waals surface area (Å²) in [6.07, 6.45) is 3.70. The number of rotatable bonds is 4. The molecule has 1 saturated carbocycles. The SMILES string of the molecule is CC1CCC(C(NC(=O)OC(C)(C)C)C(=O)Nc2cc(F)c3c(c2)NC(=O)C32CCOCC2)CC1. The fourth-order valence-corrected chi connectivity index (χ4v) is 5.49. The number of anilines is 2. The van der Waals surface area contributed by atoms with Crippen molar-refractivity contribution >= 4 is 29.3 Å². The predicted molar refractivity (Wildman–Crippen MR) is 130 cm³/mol. The second-order valence-corrected chi connectivity index (χ2v) is 11.2. The minimum Gasteiger partial charge on any atom is -0.444 e. The predicted octanol–water partition coefficient (Wildman–Crippen LogP) is 4.48. The minimum atomic E-state index is -0.931. The van der Waals surface area contributed by atoms with E-state index in [1.54, 1.807) is 26.8 Å². The molecule has 3 aliphatic rings. The third kappa shape index (κ3) is 5.44. The van der Waals surface area contributed by atoms with E-state index in [4.69, 9.17) is 9.47 Å². The Morgan fingerprint density at radius 2 is 1.83 bits per heavy atom. The molecule has 1 atom stereocenters. The molecule has 192 valence electrons. The lowest BCUT2D eigenvalue weighted by Gasteiger charge is -2.33. The summed E-state index contributed by atoms with van der Waals surface area (Å²) in [4.78, 5) is 38.7. The van der Waals surface area contributed by atoms with Gasteiger partial charge in [-0.05, 0) is 70.4 Å². The van der Waals surface area contributed by atoms with E-state index in [0.717, 1.165) is 25.7 Å². The van der Waals surface area contributed by atoms with Gasteiger partial charge in [-0.1, -0.05) is 19.8 Å². The first-order chi connectivity index (χ1) is 16.5. The van der Waals surface area contributed by atoms with Gasteiger partial charge in [-0.15, -0.1) is 0 Å². The van der Waals surface area contributed by atoms with Crippen molar-refractivity contribution in [2.45, 2.75) is 83.3 Å². The van der Waals surface area contributed by atoms with Crippen molar-refractivity contribution in [1.82, 2.24) is 5.32 Å². The Bertz CT molecular complexity index is 991. The highest BCUT2D eigenvalue weighted by atomic mass is 19.1. The molecule has 4 rings (SSSR count). The van der Waals surface area contributed by atoms with E-state index in [1.807, 2.05) is 0 Å². The Morgan fingerprint density at radius 3 is 2.46 bits per heavy atom. The summed E-state index contributed by atoms with van der Waals surface area (Å²) in [6, 6.07) is 2.03. The third-order valence-electron chi connectivity index (χ3n) is 7.35. The average Bonchev–Trinajstić information content (AvgIpc) is 3.03. The van der Waals surface area contributed by atoms with Crippen molar-refractivity contribution in [2.24, 2.45) is 11.8 Å². The highest BCUT2D eigenvalue weighted by molar-refractivity contribution is 6.07. The summed E-state index contributed by atoms with van der Waals surface area (Å²) in [5, 5.41) is 8.31. The van der Waals surface area contributed by atoms with E-state index < -0.39 is 34.9 Å². The van der Waals surface area contributed by atoms with Crippen LogP contribution in [-0.4, -0.2) is 42.8 Å². The average molecular weight is 490 g/mol. The Labute approximate surface area is 205 Å². The molecule has 9 heteroatoms. The molecule has 35 heavy (non-hydrogen) atoms. The number of carbonyl (C=O) groups excluding carboxylic acids is 3. The second-order valence-electron chi connectivity index (χ2n) is 11.2. The molecule has 2 fully saturated rings. The molecule has 2 heterocycles. The maximum atomic E-state index is 15.3. The van der Waals surface area contributed by atoms with Crippen LogP contribution in [0, 0.1) is 17.7 Å². The zero-order valence-electron chi connectivity index (χ0n) is 21.0. The number of alkyl carbamates (subject to hydrolysis) is 1. The topological polar surface area (TPSA) is 106 Å². The molecule has 1 saturated heterocycles. The number of fused-ring (bicyclic) bond motifs is 2. The zero-order valence-corrected chi connectivity index (χ0v) is 21.0. The standard InChI is InChI=1S/C26H36FN3O5/c1-15-5-7-16(8-6-15)21(30-24(33)35-25(2,3)4)22(31)28-17-13-18(27)20-19(14-17)29-23(32)26(20)9-11-34-12-10-26/h13-16,21H,5-12H2,1-4H3,(H,28,31)(H,29,32)(H,30,33). The van der Waals surface area contributed by atoms with E-state index >= 15 is 4.39 Å². The first kappa shape index (κ1) is 25.4. The van der Waals surface area contributed by atoms with E-state index in [1.165, 1.54) is 6.07 Å². The van der Waals surface area contributed by atoms with Crippen molar-refractivity contribution in [1.29, 1.82) is 0 Å². The second kappa shape index (κ2) is 9.76. The van der Waals surface area contributed by atoms with Crippen LogP contribution in [0.15, 0.2) is 12.1 Å². The highest BCUT2D eigenvalue weighted by Gasteiger charge is 2.49. The maximum Gasteiger partial charge on any atom is 0.408 e. The molecular formula is C26H36FN3O5. The number of amides is 3. The van der Waals surface area contributed by atoms with Gasteiger partial charge < -0.3 is 25.4 Å². The quantitative estimate of drug-likeness (QED) is 0.578. The summed E-state index contributed by atoms with van der Waals surface area (Å²) in [7, 11) is 0. The van der Waals surface area contributed by atoms with Crippen molar-refractivity contribution in [3.05, 3.63) is 23.5 Å². The normalized spacial score (nSPS) is 24.3. The van der Waals surface area contributed by atoms with Crippen LogP contribution in [0.1, 0.15) is 71.8 Å². The molecule has 1 aliphatic carbocycles. The van der Waals surface area contributed by atoms with E-state index in [2.05, 4.69) is 22.9 Å². The Kier molecular flexibility index (Phi) is 7.09. The molecule has 3 N–H and O–H groups in total. The van der Waals surface area contributed by atoms with Crippen molar-refractivity contribution in [3.63, 3.8) is 0 Å². The smallest absolute Gasteiger partial charge is 0.408 e. The van der Waals surface area contributed by atoms with Gasteiger partial charge in [0, 0.05) is 24.5 Å². The van der Waals surface area contributed by atoms with Crippen LogP contribution in [0.2, 0.25) is 0 Å². The number of ether oxygens (including phenoxy) is 2. The Balaban J connectivity index is 1.55. The van der Waals surface area contributed by atoms with Crippen LogP contribution in [0.5, 0.6) is 0 Å². The van der Waals surface area contributed by atoms with E-state index in [9.17, 15) is 14.4 Å². The van der Waals surface area contributed by atoms with Crippen molar-refractivity contribution in [2.75, 3.05) is 23.8 Å². The summed E-state index contributed by atoms with van der Waals surface area (Å²) in [5.41, 5.74) is -0.687. The lowest BCUT2D eigenvalue weighted by molar-refractivity contribution is -0.124. The first-order valence-electron chi connectivity index (χ1n) is 12.5. The third-order valence-corrected chi connectivity index (χ3v) is 7.35. The molecule has 2 aliphatic heterocycles. The highest BCUT2D eigenvalue weighted by Crippen LogP contribution is 2.47. The first-order valence-corrected chi connectivity index (χ1v) is 12.5. The number of hydrogen-bond acceptors (Lipinski definition) is 5. The van der Waals surface area contributed by atoms with Crippen LogP contribution < -0.4 is 16.0 Å². The van der Waals surface area contributed by atoms with Crippen LogP contribution in [0.4, 0.5) is 20.6 Å². The summed E-state index contributed by atoms with van der Waals surface area (Å²) < 4.78 is 26.1. The van der Waals surface area contributed by atoms with Gasteiger partial charge in [0.15, 0.2) is 0 Å². The summed E-state index contributed by atoms with van der Waals surface area (Å²) in [6.45, 7) is 8.25.